The Morgan fingerprint density at radius 3 is 2.50 bits per heavy atom. The molecule has 0 aliphatic rings. The molecule has 1 aromatic heterocycles. The maximum Gasteiger partial charge on any atom is 0.303 e. The van der Waals surface area contributed by atoms with E-state index in [9.17, 15) is 9.90 Å². The predicted octanol–water partition coefficient (Wildman–Crippen LogP) is 3.75. The number of aliphatic carboxylic acids is 1. The summed E-state index contributed by atoms with van der Waals surface area (Å²) >= 11 is 0. The SMILES string of the molecule is CC(C)Oc1cc(CO)cc(COc2cc(CCC(=O)O)n(-c3ccccc3)n2)c1. The second-order valence-electron chi connectivity index (χ2n) is 7.21. The molecule has 0 aliphatic heterocycles. The third-order valence-electron chi connectivity index (χ3n) is 4.32. The number of aliphatic hydroxyl groups is 1. The largest absolute Gasteiger partial charge is 0.491 e. The molecule has 1 heterocycles. The van der Waals surface area contributed by atoms with Gasteiger partial charge in [0.25, 0.3) is 0 Å². The number of rotatable bonds is 10. The van der Waals surface area contributed by atoms with Crippen LogP contribution < -0.4 is 9.47 Å². The van der Waals surface area contributed by atoms with Gasteiger partial charge in [0, 0.05) is 18.2 Å². The minimum atomic E-state index is -0.864. The molecule has 0 bridgehead atoms. The number of ether oxygens (including phenoxy) is 2. The number of aromatic nitrogens is 2. The standard InChI is InChI=1S/C23H26N2O5/c1-16(2)30-21-11-17(14-26)10-18(12-21)15-29-22-13-20(8-9-23(27)28)25(24-22)19-6-4-3-5-7-19/h3-7,10-13,16,26H,8-9,14-15H2,1-2H3,(H,27,28). The highest BCUT2D eigenvalue weighted by molar-refractivity contribution is 5.67. The summed E-state index contributed by atoms with van der Waals surface area (Å²) in [6.45, 7) is 4.03. The Bertz CT molecular complexity index is 983. The van der Waals surface area contributed by atoms with Crippen LogP contribution in [-0.2, 0) is 24.4 Å². The summed E-state index contributed by atoms with van der Waals surface area (Å²) in [5.41, 5.74) is 3.18. The van der Waals surface area contributed by atoms with Crippen molar-refractivity contribution in [1.29, 1.82) is 0 Å². The number of carboxylic acids is 1. The number of para-hydroxylation sites is 1. The molecular weight excluding hydrogens is 384 g/mol. The van der Waals surface area contributed by atoms with Crippen molar-refractivity contribution in [2.45, 2.75) is 46.0 Å². The van der Waals surface area contributed by atoms with Crippen LogP contribution in [0.4, 0.5) is 0 Å². The molecule has 7 nitrogen and oxygen atoms in total. The van der Waals surface area contributed by atoms with Crippen LogP contribution in [0.25, 0.3) is 5.69 Å². The van der Waals surface area contributed by atoms with Gasteiger partial charge in [0.05, 0.1) is 24.8 Å². The molecule has 0 amide bonds. The number of aryl methyl sites for hydroxylation is 1. The van der Waals surface area contributed by atoms with Gasteiger partial charge in [-0.05, 0) is 55.3 Å². The van der Waals surface area contributed by atoms with Gasteiger partial charge in [0.2, 0.25) is 5.88 Å². The zero-order chi connectivity index (χ0) is 21.5. The molecule has 2 N–H and O–H groups in total. The van der Waals surface area contributed by atoms with Crippen molar-refractivity contribution < 1.29 is 24.5 Å². The summed E-state index contributed by atoms with van der Waals surface area (Å²) in [5.74, 6) is 0.212. The fourth-order valence-corrected chi connectivity index (χ4v) is 3.07. The van der Waals surface area contributed by atoms with Gasteiger partial charge in [-0.25, -0.2) is 4.68 Å². The van der Waals surface area contributed by atoms with Crippen LogP contribution in [0.2, 0.25) is 0 Å². The van der Waals surface area contributed by atoms with E-state index in [1.807, 2.05) is 56.3 Å². The Morgan fingerprint density at radius 1 is 1.10 bits per heavy atom. The van der Waals surface area contributed by atoms with Crippen molar-refractivity contribution >= 4 is 5.97 Å². The molecule has 3 aromatic rings. The predicted molar refractivity (Wildman–Crippen MR) is 112 cm³/mol. The topological polar surface area (TPSA) is 93.8 Å². The summed E-state index contributed by atoms with van der Waals surface area (Å²) in [6, 6.07) is 16.8. The van der Waals surface area contributed by atoms with Crippen molar-refractivity contribution in [2.75, 3.05) is 0 Å². The minimum absolute atomic E-state index is 0.00636. The van der Waals surface area contributed by atoms with Gasteiger partial charge < -0.3 is 19.7 Å². The average Bonchev–Trinajstić information content (AvgIpc) is 3.14. The van der Waals surface area contributed by atoms with Gasteiger partial charge in [-0.15, -0.1) is 5.10 Å². The molecule has 0 saturated carbocycles. The summed E-state index contributed by atoms with van der Waals surface area (Å²) in [4.78, 5) is 11.0. The maximum absolute atomic E-state index is 11.0. The quantitative estimate of drug-likeness (QED) is 0.529. The van der Waals surface area contributed by atoms with E-state index in [2.05, 4.69) is 5.10 Å². The lowest BCUT2D eigenvalue weighted by Crippen LogP contribution is -2.07. The Labute approximate surface area is 175 Å². The summed E-state index contributed by atoms with van der Waals surface area (Å²) in [7, 11) is 0. The molecule has 0 spiro atoms. The van der Waals surface area contributed by atoms with Crippen LogP contribution in [-0.4, -0.2) is 32.1 Å². The first-order valence-electron chi connectivity index (χ1n) is 9.84. The van der Waals surface area contributed by atoms with Crippen molar-refractivity contribution in [3.63, 3.8) is 0 Å². The van der Waals surface area contributed by atoms with E-state index in [-0.39, 0.29) is 25.7 Å². The first-order chi connectivity index (χ1) is 14.4. The molecule has 3 rings (SSSR count). The lowest BCUT2D eigenvalue weighted by molar-refractivity contribution is -0.136. The zero-order valence-corrected chi connectivity index (χ0v) is 17.1. The van der Waals surface area contributed by atoms with Crippen LogP contribution in [0.5, 0.6) is 11.6 Å². The van der Waals surface area contributed by atoms with E-state index in [4.69, 9.17) is 14.6 Å². The number of nitrogens with zero attached hydrogens (tertiary/aromatic N) is 2. The highest BCUT2D eigenvalue weighted by atomic mass is 16.5. The fourth-order valence-electron chi connectivity index (χ4n) is 3.07. The third kappa shape index (κ3) is 5.84. The molecule has 0 saturated heterocycles. The molecule has 7 heteroatoms. The van der Waals surface area contributed by atoms with E-state index in [1.54, 1.807) is 16.8 Å². The Kier molecular flexibility index (Phi) is 7.08. The van der Waals surface area contributed by atoms with Crippen molar-refractivity contribution in [3.05, 3.63) is 71.4 Å². The van der Waals surface area contributed by atoms with E-state index in [1.165, 1.54) is 0 Å². The summed E-state index contributed by atoms with van der Waals surface area (Å²) in [5, 5.41) is 23.1. The van der Waals surface area contributed by atoms with Crippen molar-refractivity contribution in [3.8, 4) is 17.3 Å². The van der Waals surface area contributed by atoms with Gasteiger partial charge in [-0.1, -0.05) is 18.2 Å². The summed E-state index contributed by atoms with van der Waals surface area (Å²) < 4.78 is 13.3. The maximum atomic E-state index is 11.0. The van der Waals surface area contributed by atoms with Crippen LogP contribution in [0, 0.1) is 0 Å². The number of carbonyl (C=O) groups is 1. The molecule has 0 atom stereocenters. The number of hydrogen-bond acceptors (Lipinski definition) is 5. The highest BCUT2D eigenvalue weighted by Crippen LogP contribution is 2.22. The molecule has 0 fully saturated rings. The van der Waals surface area contributed by atoms with Gasteiger partial charge in [0.15, 0.2) is 0 Å². The van der Waals surface area contributed by atoms with Crippen LogP contribution >= 0.6 is 0 Å². The lowest BCUT2D eigenvalue weighted by atomic mass is 10.1. The number of carboxylic acid groups (broad SMARTS) is 1. The van der Waals surface area contributed by atoms with E-state index in [0.717, 1.165) is 22.5 Å². The Morgan fingerprint density at radius 2 is 1.83 bits per heavy atom. The van der Waals surface area contributed by atoms with E-state index < -0.39 is 5.97 Å². The Balaban J connectivity index is 1.80. The van der Waals surface area contributed by atoms with Crippen LogP contribution in [0.15, 0.2) is 54.6 Å². The van der Waals surface area contributed by atoms with E-state index >= 15 is 0 Å². The molecule has 0 radical (unpaired) electrons. The molecule has 30 heavy (non-hydrogen) atoms. The van der Waals surface area contributed by atoms with Crippen molar-refractivity contribution in [1.82, 2.24) is 9.78 Å². The van der Waals surface area contributed by atoms with Gasteiger partial charge >= 0.3 is 5.97 Å². The molecular formula is C23H26N2O5. The monoisotopic (exact) mass is 410 g/mol. The minimum Gasteiger partial charge on any atom is -0.491 e. The number of benzene rings is 2. The Hall–Kier alpha value is -3.32. The van der Waals surface area contributed by atoms with Gasteiger partial charge in [-0.2, -0.15) is 0 Å². The lowest BCUT2D eigenvalue weighted by Gasteiger charge is -2.13. The smallest absolute Gasteiger partial charge is 0.303 e. The zero-order valence-electron chi connectivity index (χ0n) is 17.1. The normalized spacial score (nSPS) is 10.9. The van der Waals surface area contributed by atoms with Crippen molar-refractivity contribution in [2.24, 2.45) is 0 Å². The van der Waals surface area contributed by atoms with Crippen LogP contribution in [0.3, 0.4) is 0 Å². The first kappa shape index (κ1) is 21.4. The average molecular weight is 410 g/mol. The first-order valence-corrected chi connectivity index (χ1v) is 9.84. The highest BCUT2D eigenvalue weighted by Gasteiger charge is 2.13. The number of aliphatic hydroxyl groups excluding tert-OH is 1. The summed E-state index contributed by atoms with van der Waals surface area (Å²) in [6.07, 6.45) is 0.366. The third-order valence-corrected chi connectivity index (χ3v) is 4.32. The number of hydrogen-bond donors (Lipinski definition) is 2. The molecule has 0 unspecified atom stereocenters. The molecule has 2 aromatic carbocycles. The van der Waals surface area contributed by atoms with Crippen LogP contribution in [0.1, 0.15) is 37.1 Å². The molecule has 158 valence electrons. The molecule has 0 aliphatic carbocycles. The van der Waals surface area contributed by atoms with Gasteiger partial charge in [0.1, 0.15) is 12.4 Å². The second kappa shape index (κ2) is 9.93. The van der Waals surface area contributed by atoms with Gasteiger partial charge in [-0.3, -0.25) is 4.79 Å². The fraction of sp³-hybridized carbons (Fsp3) is 0.304. The van der Waals surface area contributed by atoms with E-state index in [0.29, 0.717) is 18.1 Å². The second-order valence-corrected chi connectivity index (χ2v) is 7.21.